The molecule has 1 aliphatic carbocycles. The quantitative estimate of drug-likeness (QED) is 0.474. The molecule has 1 saturated carbocycles. The number of hydrogen-bond donors (Lipinski definition) is 1. The number of rotatable bonds is 6. The molecule has 0 aromatic heterocycles. The van der Waals surface area contributed by atoms with Crippen LogP contribution in [0, 0.1) is 5.92 Å². The molecule has 3 heterocycles. The number of benzene rings is 3. The van der Waals surface area contributed by atoms with E-state index >= 15 is 0 Å². The molecule has 3 aromatic rings. The van der Waals surface area contributed by atoms with Gasteiger partial charge in [-0.05, 0) is 35.6 Å². The number of piperazine rings is 1. The standard InChI is InChI=1S/C34H34N4O2/c1-22(37-15-17-38(18-16-37)34(40)25-13-14-25)19-23-7-5-10-26(20-23)30-32(24-8-3-2-4-9-24)36-28-12-6-11-27-29(39)21-35-33(30)31(27)28/h2-12,20,25,30,32,36H,1,13-19,21H2. The van der Waals surface area contributed by atoms with Crippen LogP contribution in [-0.4, -0.2) is 59.9 Å². The Bertz CT molecular complexity index is 1520. The average Bonchev–Trinajstić information content (AvgIpc) is 3.85. The molecule has 7 rings (SSSR count). The predicted molar refractivity (Wildman–Crippen MR) is 158 cm³/mol. The molecule has 1 saturated heterocycles. The van der Waals surface area contributed by atoms with Crippen LogP contribution >= 0.6 is 0 Å². The number of ketones is 1. The lowest BCUT2D eigenvalue weighted by molar-refractivity contribution is -0.134. The predicted octanol–water partition coefficient (Wildman–Crippen LogP) is 5.23. The molecule has 0 radical (unpaired) electrons. The summed E-state index contributed by atoms with van der Waals surface area (Å²) >= 11 is 0. The highest BCUT2D eigenvalue weighted by Gasteiger charge is 2.39. The second-order valence-corrected chi connectivity index (χ2v) is 11.4. The molecule has 1 N–H and O–H groups in total. The van der Waals surface area contributed by atoms with Crippen molar-refractivity contribution in [1.82, 2.24) is 9.80 Å². The van der Waals surface area contributed by atoms with Crippen molar-refractivity contribution in [2.24, 2.45) is 10.9 Å². The molecule has 2 atom stereocenters. The van der Waals surface area contributed by atoms with Crippen molar-refractivity contribution >= 4 is 23.1 Å². The summed E-state index contributed by atoms with van der Waals surface area (Å²) in [5, 5.41) is 3.77. The van der Waals surface area contributed by atoms with Crippen LogP contribution in [0.3, 0.4) is 0 Å². The molecule has 6 heteroatoms. The van der Waals surface area contributed by atoms with E-state index in [1.807, 2.05) is 23.1 Å². The van der Waals surface area contributed by atoms with Gasteiger partial charge in [-0.3, -0.25) is 14.6 Å². The third-order valence-corrected chi connectivity index (χ3v) is 8.80. The molecule has 2 unspecified atom stereocenters. The van der Waals surface area contributed by atoms with E-state index < -0.39 is 0 Å². The van der Waals surface area contributed by atoms with Crippen LogP contribution in [-0.2, 0) is 11.2 Å². The Morgan fingerprint density at radius 1 is 0.900 bits per heavy atom. The fourth-order valence-corrected chi connectivity index (χ4v) is 6.53. The van der Waals surface area contributed by atoms with Gasteiger partial charge in [0.05, 0.1) is 17.7 Å². The normalized spacial score (nSPS) is 21.8. The number of carbonyl (C=O) groups excluding carboxylic acids is 2. The van der Waals surface area contributed by atoms with E-state index in [2.05, 4.69) is 71.4 Å². The lowest BCUT2D eigenvalue weighted by Gasteiger charge is -2.39. The van der Waals surface area contributed by atoms with Crippen LogP contribution in [0.4, 0.5) is 5.69 Å². The molecule has 6 nitrogen and oxygen atoms in total. The smallest absolute Gasteiger partial charge is 0.225 e. The van der Waals surface area contributed by atoms with Gasteiger partial charge in [0.15, 0.2) is 5.78 Å². The minimum absolute atomic E-state index is 0.00793. The minimum Gasteiger partial charge on any atom is -0.377 e. The van der Waals surface area contributed by atoms with Gasteiger partial charge in [-0.25, -0.2) is 0 Å². The van der Waals surface area contributed by atoms with E-state index in [1.165, 1.54) is 16.7 Å². The van der Waals surface area contributed by atoms with Gasteiger partial charge in [0.25, 0.3) is 0 Å². The van der Waals surface area contributed by atoms with Gasteiger partial charge in [0.1, 0.15) is 6.54 Å². The molecule has 40 heavy (non-hydrogen) atoms. The monoisotopic (exact) mass is 530 g/mol. The van der Waals surface area contributed by atoms with E-state index in [0.29, 0.717) is 5.91 Å². The Labute approximate surface area is 235 Å². The fourth-order valence-electron chi connectivity index (χ4n) is 6.53. The second kappa shape index (κ2) is 10.1. The topological polar surface area (TPSA) is 65.0 Å². The number of amides is 1. The molecule has 202 valence electrons. The van der Waals surface area contributed by atoms with Crippen molar-refractivity contribution in [3.8, 4) is 0 Å². The largest absolute Gasteiger partial charge is 0.377 e. The molecule has 3 aliphatic heterocycles. The van der Waals surface area contributed by atoms with Crippen LogP contribution < -0.4 is 5.32 Å². The lowest BCUT2D eigenvalue weighted by atomic mass is 9.75. The van der Waals surface area contributed by atoms with Gasteiger partial charge < -0.3 is 15.1 Å². The van der Waals surface area contributed by atoms with Crippen molar-refractivity contribution in [3.05, 3.63) is 113 Å². The highest BCUT2D eigenvalue weighted by molar-refractivity contribution is 6.21. The summed E-state index contributed by atoms with van der Waals surface area (Å²) in [6, 6.07) is 25.2. The van der Waals surface area contributed by atoms with Crippen LogP contribution in [0.15, 0.2) is 90.1 Å². The van der Waals surface area contributed by atoms with E-state index in [1.54, 1.807) is 0 Å². The van der Waals surface area contributed by atoms with Crippen LogP contribution in [0.1, 0.15) is 57.4 Å². The molecular formula is C34H34N4O2. The Hall–Kier alpha value is -4.19. The first-order chi connectivity index (χ1) is 19.6. The highest BCUT2D eigenvalue weighted by atomic mass is 16.2. The molecule has 2 fully saturated rings. The minimum atomic E-state index is -0.0330. The van der Waals surface area contributed by atoms with Crippen molar-refractivity contribution in [1.29, 1.82) is 0 Å². The van der Waals surface area contributed by atoms with Gasteiger partial charge in [0.2, 0.25) is 5.91 Å². The Morgan fingerprint density at radius 3 is 2.40 bits per heavy atom. The zero-order valence-electron chi connectivity index (χ0n) is 22.7. The first kappa shape index (κ1) is 24.8. The number of carbonyl (C=O) groups is 2. The van der Waals surface area contributed by atoms with E-state index in [4.69, 9.17) is 4.99 Å². The average molecular weight is 531 g/mol. The SMILES string of the molecule is C=C(Cc1cccc(C2C3=NCC(=O)c4cccc(c43)NC2c2ccccc2)c1)N1CCN(C(=O)C2CC2)CC1. The second-order valence-electron chi connectivity index (χ2n) is 11.4. The van der Waals surface area contributed by atoms with Gasteiger partial charge in [-0.15, -0.1) is 0 Å². The maximum atomic E-state index is 12.8. The Kier molecular flexibility index (Phi) is 6.26. The third-order valence-electron chi connectivity index (χ3n) is 8.80. The Balaban J connectivity index is 1.16. The number of Topliss-reactive ketones (excluding diaryl/α,β-unsaturated/α-hetero) is 1. The summed E-state index contributed by atoms with van der Waals surface area (Å²) in [5.74, 6) is 0.656. The summed E-state index contributed by atoms with van der Waals surface area (Å²) < 4.78 is 0. The fraction of sp³-hybridized carbons (Fsp3) is 0.324. The molecule has 0 spiro atoms. The number of nitrogens with zero attached hydrogens (tertiary/aromatic N) is 3. The van der Waals surface area contributed by atoms with Crippen LogP contribution in [0.25, 0.3) is 0 Å². The number of hydrogen-bond acceptors (Lipinski definition) is 5. The summed E-state index contributed by atoms with van der Waals surface area (Å²) in [6.45, 7) is 7.86. The van der Waals surface area contributed by atoms with E-state index in [0.717, 1.165) is 73.7 Å². The van der Waals surface area contributed by atoms with E-state index in [9.17, 15) is 9.59 Å². The molecule has 1 amide bonds. The molecule has 3 aromatic carbocycles. The number of nitrogens with one attached hydrogen (secondary N) is 1. The summed E-state index contributed by atoms with van der Waals surface area (Å²) in [4.78, 5) is 34.5. The van der Waals surface area contributed by atoms with Gasteiger partial charge in [-0.1, -0.05) is 73.3 Å². The first-order valence-corrected chi connectivity index (χ1v) is 14.4. The van der Waals surface area contributed by atoms with Crippen molar-refractivity contribution in [2.45, 2.75) is 31.2 Å². The summed E-state index contributed by atoms with van der Waals surface area (Å²) in [7, 11) is 0. The van der Waals surface area contributed by atoms with Crippen LogP contribution in [0.2, 0.25) is 0 Å². The molecule has 4 aliphatic rings. The van der Waals surface area contributed by atoms with Crippen LogP contribution in [0.5, 0.6) is 0 Å². The number of anilines is 1. The summed E-state index contributed by atoms with van der Waals surface area (Å²) in [6.07, 6.45) is 2.87. The van der Waals surface area contributed by atoms with Gasteiger partial charge in [-0.2, -0.15) is 0 Å². The maximum absolute atomic E-state index is 12.8. The Morgan fingerprint density at radius 2 is 1.62 bits per heavy atom. The van der Waals surface area contributed by atoms with Gasteiger partial charge >= 0.3 is 0 Å². The number of aliphatic imine (C=N–C) groups is 1. The zero-order valence-corrected chi connectivity index (χ0v) is 22.7. The first-order valence-electron chi connectivity index (χ1n) is 14.4. The highest BCUT2D eigenvalue weighted by Crippen LogP contribution is 2.45. The maximum Gasteiger partial charge on any atom is 0.225 e. The van der Waals surface area contributed by atoms with Crippen molar-refractivity contribution < 1.29 is 9.59 Å². The van der Waals surface area contributed by atoms with Gasteiger partial charge in [0, 0.05) is 61.0 Å². The summed E-state index contributed by atoms with van der Waals surface area (Å²) in [5.41, 5.74) is 8.34. The number of allylic oxidation sites excluding steroid dienone is 1. The van der Waals surface area contributed by atoms with Crippen molar-refractivity contribution in [3.63, 3.8) is 0 Å². The lowest BCUT2D eigenvalue weighted by Crippen LogP contribution is -2.48. The van der Waals surface area contributed by atoms with E-state index in [-0.39, 0.29) is 30.2 Å². The van der Waals surface area contributed by atoms with Crippen molar-refractivity contribution in [2.75, 3.05) is 38.0 Å². The third kappa shape index (κ3) is 4.51. The zero-order chi connectivity index (χ0) is 27.2. The molecule has 0 bridgehead atoms. The molecular weight excluding hydrogens is 496 g/mol.